The van der Waals surface area contributed by atoms with Gasteiger partial charge in [0.1, 0.15) is 18.1 Å². The predicted molar refractivity (Wildman–Crippen MR) is 124 cm³/mol. The Labute approximate surface area is 195 Å². The Hall–Kier alpha value is -3.46. The second kappa shape index (κ2) is 9.58. The molecule has 2 amide bonds. The van der Waals surface area contributed by atoms with Gasteiger partial charge in [0.05, 0.1) is 34.9 Å². The number of fused-ring (bicyclic) bond motifs is 1. The fraction of sp³-hybridized carbons (Fsp3) is 0.333. The van der Waals surface area contributed by atoms with Crippen LogP contribution in [0.4, 0.5) is 5.13 Å². The summed E-state index contributed by atoms with van der Waals surface area (Å²) in [5.41, 5.74) is 2.12. The number of furan rings is 1. The summed E-state index contributed by atoms with van der Waals surface area (Å²) in [6.45, 7) is 4.47. The van der Waals surface area contributed by atoms with E-state index in [1.165, 1.54) is 6.26 Å². The van der Waals surface area contributed by atoms with E-state index in [-0.39, 0.29) is 24.0 Å². The smallest absolute Gasteiger partial charge is 0.260 e. The normalized spacial score (nSPS) is 15.1. The van der Waals surface area contributed by atoms with Gasteiger partial charge < -0.3 is 14.1 Å². The minimum Gasteiger partial charge on any atom is -0.492 e. The van der Waals surface area contributed by atoms with Crippen molar-refractivity contribution in [1.29, 1.82) is 0 Å². The topological polar surface area (TPSA) is 102 Å². The Morgan fingerprint density at radius 1 is 1.21 bits per heavy atom. The summed E-state index contributed by atoms with van der Waals surface area (Å²) in [7, 11) is 1.71. The third-order valence-electron chi connectivity index (χ3n) is 5.59. The zero-order valence-electron chi connectivity index (χ0n) is 18.7. The van der Waals surface area contributed by atoms with Gasteiger partial charge in [0.2, 0.25) is 5.91 Å². The maximum absolute atomic E-state index is 12.9. The van der Waals surface area contributed by atoms with Crippen molar-refractivity contribution in [2.45, 2.75) is 26.7 Å². The molecule has 0 spiro atoms. The SMILES string of the molecule is Cc1ccc(OCCN(C)C(=O)[C@H]2CC(=O)c3sc(NC(=O)c4ccoc4C)nc3C2)cc1. The molecule has 1 aliphatic carbocycles. The van der Waals surface area contributed by atoms with Gasteiger partial charge in [-0.1, -0.05) is 29.0 Å². The lowest BCUT2D eigenvalue weighted by molar-refractivity contribution is -0.134. The van der Waals surface area contributed by atoms with E-state index >= 15 is 0 Å². The molecule has 3 aromatic rings. The quantitative estimate of drug-likeness (QED) is 0.566. The second-order valence-electron chi connectivity index (χ2n) is 8.09. The summed E-state index contributed by atoms with van der Waals surface area (Å²) >= 11 is 1.14. The molecule has 9 heteroatoms. The van der Waals surface area contributed by atoms with Gasteiger partial charge in [-0.25, -0.2) is 4.98 Å². The fourth-order valence-electron chi connectivity index (χ4n) is 3.70. The van der Waals surface area contributed by atoms with Crippen molar-refractivity contribution >= 4 is 34.1 Å². The van der Waals surface area contributed by atoms with E-state index in [1.807, 2.05) is 31.2 Å². The number of nitrogens with zero attached hydrogens (tertiary/aromatic N) is 2. The number of hydrogen-bond donors (Lipinski definition) is 1. The highest BCUT2D eigenvalue weighted by Gasteiger charge is 2.34. The maximum Gasteiger partial charge on any atom is 0.260 e. The van der Waals surface area contributed by atoms with Gasteiger partial charge in [0.15, 0.2) is 10.9 Å². The molecule has 4 rings (SSSR count). The number of nitrogens with one attached hydrogen (secondary N) is 1. The minimum atomic E-state index is -0.476. The zero-order valence-corrected chi connectivity index (χ0v) is 19.5. The Morgan fingerprint density at radius 2 is 1.97 bits per heavy atom. The molecule has 1 N–H and O–H groups in total. The summed E-state index contributed by atoms with van der Waals surface area (Å²) in [5.74, 6) is 0.189. The number of amides is 2. The molecule has 1 atom stereocenters. The van der Waals surface area contributed by atoms with Crippen LogP contribution in [0.25, 0.3) is 0 Å². The van der Waals surface area contributed by atoms with Crippen molar-refractivity contribution in [3.8, 4) is 5.75 Å². The average Bonchev–Trinajstić information content (AvgIpc) is 3.40. The lowest BCUT2D eigenvalue weighted by atomic mass is 9.89. The number of likely N-dealkylation sites (N-methyl/N-ethyl adjacent to an activating group) is 1. The molecule has 0 radical (unpaired) electrons. The Kier molecular flexibility index (Phi) is 6.60. The van der Waals surface area contributed by atoms with Crippen LogP contribution in [-0.4, -0.2) is 47.7 Å². The summed E-state index contributed by atoms with van der Waals surface area (Å²) < 4.78 is 10.9. The molecule has 33 heavy (non-hydrogen) atoms. The first-order chi connectivity index (χ1) is 15.8. The summed E-state index contributed by atoms with van der Waals surface area (Å²) in [5, 5.41) is 3.06. The predicted octanol–water partition coefficient (Wildman–Crippen LogP) is 3.89. The zero-order chi connectivity index (χ0) is 23.5. The first-order valence-electron chi connectivity index (χ1n) is 10.6. The highest BCUT2D eigenvalue weighted by atomic mass is 32.1. The van der Waals surface area contributed by atoms with Crippen LogP contribution in [0.5, 0.6) is 5.75 Å². The Bertz CT molecular complexity index is 1180. The van der Waals surface area contributed by atoms with Crippen molar-refractivity contribution in [3.63, 3.8) is 0 Å². The Morgan fingerprint density at radius 3 is 2.67 bits per heavy atom. The number of ether oxygens (including phenoxy) is 1. The van der Waals surface area contributed by atoms with Gasteiger partial charge >= 0.3 is 0 Å². The van der Waals surface area contributed by atoms with Crippen LogP contribution < -0.4 is 10.1 Å². The first-order valence-corrected chi connectivity index (χ1v) is 11.5. The number of aromatic nitrogens is 1. The number of aryl methyl sites for hydroxylation is 2. The first kappa shape index (κ1) is 22.7. The highest BCUT2D eigenvalue weighted by molar-refractivity contribution is 7.17. The molecule has 8 nitrogen and oxygen atoms in total. The van der Waals surface area contributed by atoms with E-state index in [9.17, 15) is 14.4 Å². The monoisotopic (exact) mass is 467 g/mol. The van der Waals surface area contributed by atoms with Crippen molar-refractivity contribution in [3.05, 3.63) is 64.1 Å². The molecule has 0 unspecified atom stereocenters. The van der Waals surface area contributed by atoms with Crippen molar-refractivity contribution in [1.82, 2.24) is 9.88 Å². The summed E-state index contributed by atoms with van der Waals surface area (Å²) in [6, 6.07) is 9.30. The average molecular weight is 468 g/mol. The van der Waals surface area contributed by atoms with Crippen molar-refractivity contribution < 1.29 is 23.5 Å². The molecule has 0 saturated heterocycles. The van der Waals surface area contributed by atoms with Gasteiger partial charge in [-0.3, -0.25) is 19.7 Å². The molecule has 2 heterocycles. The van der Waals surface area contributed by atoms with E-state index in [4.69, 9.17) is 9.15 Å². The van der Waals surface area contributed by atoms with E-state index in [0.717, 1.165) is 22.6 Å². The lowest BCUT2D eigenvalue weighted by Gasteiger charge is -2.25. The van der Waals surface area contributed by atoms with Crippen molar-refractivity contribution in [2.24, 2.45) is 5.92 Å². The lowest BCUT2D eigenvalue weighted by Crippen LogP contribution is -2.39. The second-order valence-corrected chi connectivity index (χ2v) is 9.09. The minimum absolute atomic E-state index is 0.117. The standard InChI is InChI=1S/C24H25N3O5S/c1-14-4-6-17(7-5-14)32-11-9-27(3)23(30)16-12-19-21(20(28)13-16)33-24(25-19)26-22(29)18-8-10-31-15(18)2/h4-8,10,16H,9,11-13H2,1-3H3,(H,25,26,29)/t16-/m1/s1. The highest BCUT2D eigenvalue weighted by Crippen LogP contribution is 2.33. The number of anilines is 1. The fourth-order valence-corrected chi connectivity index (χ4v) is 4.64. The molecule has 0 saturated carbocycles. The molecule has 0 aliphatic heterocycles. The number of hydrogen-bond acceptors (Lipinski definition) is 7. The van der Waals surface area contributed by atoms with E-state index in [1.54, 1.807) is 24.9 Å². The van der Waals surface area contributed by atoms with Crippen LogP contribution in [0.2, 0.25) is 0 Å². The van der Waals surface area contributed by atoms with Crippen LogP contribution in [0.1, 0.15) is 43.5 Å². The number of carbonyl (C=O) groups is 3. The maximum atomic E-state index is 12.9. The van der Waals surface area contributed by atoms with Crippen LogP contribution in [0, 0.1) is 19.8 Å². The molecule has 0 bridgehead atoms. The third kappa shape index (κ3) is 5.14. The van der Waals surface area contributed by atoms with Crippen LogP contribution in [0.15, 0.2) is 41.0 Å². The summed E-state index contributed by atoms with van der Waals surface area (Å²) in [4.78, 5) is 44.5. The molecule has 1 aliphatic rings. The molecule has 2 aromatic heterocycles. The van der Waals surface area contributed by atoms with Gasteiger partial charge in [-0.05, 0) is 32.0 Å². The van der Waals surface area contributed by atoms with Crippen LogP contribution in [-0.2, 0) is 11.2 Å². The van der Waals surface area contributed by atoms with Gasteiger partial charge in [-0.15, -0.1) is 0 Å². The largest absolute Gasteiger partial charge is 0.492 e. The van der Waals surface area contributed by atoms with Crippen LogP contribution in [0.3, 0.4) is 0 Å². The number of Topliss-reactive ketones (excluding diaryl/α,β-unsaturated/α-hetero) is 1. The number of carbonyl (C=O) groups excluding carboxylic acids is 3. The molecular weight excluding hydrogens is 442 g/mol. The van der Waals surface area contributed by atoms with Crippen LogP contribution >= 0.6 is 11.3 Å². The number of thiazole rings is 1. The van der Waals surface area contributed by atoms with E-state index in [0.29, 0.717) is 46.6 Å². The number of ketones is 1. The van der Waals surface area contributed by atoms with Gasteiger partial charge in [0, 0.05) is 19.9 Å². The summed E-state index contributed by atoms with van der Waals surface area (Å²) in [6.07, 6.45) is 1.94. The molecular formula is C24H25N3O5S. The van der Waals surface area contributed by atoms with E-state index in [2.05, 4.69) is 10.3 Å². The third-order valence-corrected chi connectivity index (χ3v) is 6.64. The van der Waals surface area contributed by atoms with Crippen molar-refractivity contribution in [2.75, 3.05) is 25.5 Å². The molecule has 0 fully saturated rings. The number of rotatable bonds is 7. The Balaban J connectivity index is 1.35. The molecule has 1 aromatic carbocycles. The van der Waals surface area contributed by atoms with Gasteiger partial charge in [-0.2, -0.15) is 0 Å². The van der Waals surface area contributed by atoms with E-state index < -0.39 is 5.92 Å². The van der Waals surface area contributed by atoms with Gasteiger partial charge in [0.25, 0.3) is 5.91 Å². The number of benzene rings is 1. The molecule has 172 valence electrons.